The Labute approximate surface area is 145 Å². The standard InChI is InChI=1S/C16H15F3N2O3S/c1-2-11(9-4-3-5-10(6-9)16(17,18)19)14(22)20-7-13-21-12(8-25-13)15(23)24/h3-6,8,11H,2,7H2,1H3,(H,20,22)(H,23,24). The molecule has 0 saturated carbocycles. The number of aromatic carboxylic acids is 1. The molecule has 1 unspecified atom stereocenters. The van der Waals surface area contributed by atoms with Gasteiger partial charge in [0.25, 0.3) is 0 Å². The predicted octanol–water partition coefficient (Wildman–Crippen LogP) is 3.67. The van der Waals surface area contributed by atoms with Gasteiger partial charge >= 0.3 is 12.1 Å². The fourth-order valence-corrected chi connectivity index (χ4v) is 2.99. The quantitative estimate of drug-likeness (QED) is 0.811. The van der Waals surface area contributed by atoms with E-state index in [9.17, 15) is 22.8 Å². The first-order chi connectivity index (χ1) is 11.7. The second-order valence-electron chi connectivity index (χ2n) is 5.23. The molecule has 2 N–H and O–H groups in total. The van der Waals surface area contributed by atoms with Gasteiger partial charge in [-0.05, 0) is 18.1 Å². The van der Waals surface area contributed by atoms with Crippen LogP contribution in [0.5, 0.6) is 0 Å². The molecular formula is C16H15F3N2O3S. The Morgan fingerprint density at radius 3 is 2.64 bits per heavy atom. The summed E-state index contributed by atoms with van der Waals surface area (Å²) >= 11 is 1.09. The third-order valence-corrected chi connectivity index (χ3v) is 4.37. The van der Waals surface area contributed by atoms with Crippen LogP contribution in [0.2, 0.25) is 0 Å². The van der Waals surface area contributed by atoms with Gasteiger partial charge in [-0.3, -0.25) is 4.79 Å². The number of benzene rings is 1. The van der Waals surface area contributed by atoms with E-state index in [0.717, 1.165) is 23.5 Å². The van der Waals surface area contributed by atoms with Crippen LogP contribution in [0.3, 0.4) is 0 Å². The zero-order valence-electron chi connectivity index (χ0n) is 13.1. The molecule has 0 spiro atoms. The summed E-state index contributed by atoms with van der Waals surface area (Å²) < 4.78 is 38.5. The zero-order valence-corrected chi connectivity index (χ0v) is 13.9. The topological polar surface area (TPSA) is 79.3 Å². The van der Waals surface area contributed by atoms with E-state index in [1.54, 1.807) is 6.92 Å². The maximum Gasteiger partial charge on any atom is 0.416 e. The predicted molar refractivity (Wildman–Crippen MR) is 85.4 cm³/mol. The van der Waals surface area contributed by atoms with Gasteiger partial charge < -0.3 is 10.4 Å². The van der Waals surface area contributed by atoms with Crippen LogP contribution < -0.4 is 5.32 Å². The molecule has 0 bridgehead atoms. The average Bonchev–Trinajstić information content (AvgIpc) is 3.02. The van der Waals surface area contributed by atoms with Crippen molar-refractivity contribution in [2.75, 3.05) is 0 Å². The van der Waals surface area contributed by atoms with Gasteiger partial charge in [0.1, 0.15) is 5.01 Å². The molecule has 2 aromatic rings. The molecule has 0 aliphatic rings. The first kappa shape index (κ1) is 18.9. The molecule has 1 heterocycles. The minimum atomic E-state index is -4.47. The molecule has 1 aromatic carbocycles. The van der Waals surface area contributed by atoms with Crippen LogP contribution in [0.15, 0.2) is 29.6 Å². The first-order valence-electron chi connectivity index (χ1n) is 7.35. The van der Waals surface area contributed by atoms with Crippen LogP contribution in [0, 0.1) is 0 Å². The van der Waals surface area contributed by atoms with E-state index >= 15 is 0 Å². The van der Waals surface area contributed by atoms with Gasteiger partial charge in [-0.15, -0.1) is 11.3 Å². The van der Waals surface area contributed by atoms with Crippen molar-refractivity contribution in [3.8, 4) is 0 Å². The highest BCUT2D eigenvalue weighted by atomic mass is 32.1. The minimum absolute atomic E-state index is 0.0201. The SMILES string of the molecule is CCC(C(=O)NCc1nc(C(=O)O)cs1)c1cccc(C(F)(F)F)c1. The number of nitrogens with one attached hydrogen (secondary N) is 1. The van der Waals surface area contributed by atoms with E-state index in [2.05, 4.69) is 10.3 Å². The minimum Gasteiger partial charge on any atom is -0.476 e. The van der Waals surface area contributed by atoms with Crippen molar-refractivity contribution in [1.82, 2.24) is 10.3 Å². The zero-order chi connectivity index (χ0) is 18.6. The Balaban J connectivity index is 2.09. The average molecular weight is 372 g/mol. The molecule has 1 atom stereocenters. The highest BCUT2D eigenvalue weighted by Crippen LogP contribution is 2.31. The van der Waals surface area contributed by atoms with Gasteiger partial charge in [0.05, 0.1) is 18.0 Å². The fourth-order valence-electron chi connectivity index (χ4n) is 2.28. The Bertz CT molecular complexity index is 774. The van der Waals surface area contributed by atoms with Gasteiger partial charge in [0, 0.05) is 5.38 Å². The summed E-state index contributed by atoms with van der Waals surface area (Å²) in [6, 6.07) is 4.68. The van der Waals surface area contributed by atoms with Crippen molar-refractivity contribution in [1.29, 1.82) is 0 Å². The van der Waals surface area contributed by atoms with Gasteiger partial charge in [-0.2, -0.15) is 13.2 Å². The second kappa shape index (κ2) is 7.64. The van der Waals surface area contributed by atoms with Gasteiger partial charge in [0.15, 0.2) is 5.69 Å². The molecule has 1 aromatic heterocycles. The van der Waals surface area contributed by atoms with Gasteiger partial charge in [0.2, 0.25) is 5.91 Å². The summed E-state index contributed by atoms with van der Waals surface area (Å²) in [6.45, 7) is 1.72. The third-order valence-electron chi connectivity index (χ3n) is 3.53. The number of carboxylic acids is 1. The lowest BCUT2D eigenvalue weighted by molar-refractivity contribution is -0.137. The molecule has 0 aliphatic carbocycles. The van der Waals surface area contributed by atoms with Crippen molar-refractivity contribution >= 4 is 23.2 Å². The van der Waals surface area contributed by atoms with Crippen LogP contribution in [-0.4, -0.2) is 22.0 Å². The number of amides is 1. The number of thiazole rings is 1. The fraction of sp³-hybridized carbons (Fsp3) is 0.312. The highest BCUT2D eigenvalue weighted by Gasteiger charge is 2.31. The monoisotopic (exact) mass is 372 g/mol. The van der Waals surface area contributed by atoms with E-state index in [1.165, 1.54) is 17.5 Å². The number of halogens is 3. The van der Waals surface area contributed by atoms with Crippen LogP contribution in [-0.2, 0) is 17.5 Å². The molecule has 9 heteroatoms. The molecule has 0 aliphatic heterocycles. The lowest BCUT2D eigenvalue weighted by atomic mass is 9.94. The Morgan fingerprint density at radius 2 is 2.08 bits per heavy atom. The first-order valence-corrected chi connectivity index (χ1v) is 8.23. The van der Waals surface area contributed by atoms with Crippen molar-refractivity contribution in [2.45, 2.75) is 32.0 Å². The third kappa shape index (κ3) is 4.79. The van der Waals surface area contributed by atoms with Crippen molar-refractivity contribution in [3.63, 3.8) is 0 Å². The Morgan fingerprint density at radius 1 is 1.36 bits per heavy atom. The number of carbonyl (C=O) groups excluding carboxylic acids is 1. The number of carboxylic acid groups (broad SMARTS) is 1. The van der Waals surface area contributed by atoms with Crippen molar-refractivity contribution in [2.24, 2.45) is 0 Å². The van der Waals surface area contributed by atoms with E-state index in [1.807, 2.05) is 0 Å². The maximum atomic E-state index is 12.8. The van der Waals surface area contributed by atoms with Gasteiger partial charge in [-0.1, -0.05) is 25.1 Å². The van der Waals surface area contributed by atoms with Crippen LogP contribution in [0.25, 0.3) is 0 Å². The van der Waals surface area contributed by atoms with E-state index in [0.29, 0.717) is 11.4 Å². The molecule has 0 fully saturated rings. The summed E-state index contributed by atoms with van der Waals surface area (Å²) in [5, 5.41) is 13.2. The Kier molecular flexibility index (Phi) is 5.78. The molecule has 0 saturated heterocycles. The summed E-state index contributed by atoms with van der Waals surface area (Å²) in [5.41, 5.74) is -0.637. The molecule has 5 nitrogen and oxygen atoms in total. The lowest BCUT2D eigenvalue weighted by Gasteiger charge is -2.16. The second-order valence-corrected chi connectivity index (χ2v) is 6.18. The number of aromatic nitrogens is 1. The number of rotatable bonds is 6. The summed E-state index contributed by atoms with van der Waals surface area (Å²) in [7, 11) is 0. The van der Waals surface area contributed by atoms with Crippen molar-refractivity contribution < 1.29 is 27.9 Å². The molecule has 0 radical (unpaired) electrons. The highest BCUT2D eigenvalue weighted by molar-refractivity contribution is 7.09. The number of carbonyl (C=O) groups is 2. The molecule has 25 heavy (non-hydrogen) atoms. The van der Waals surface area contributed by atoms with E-state index < -0.39 is 29.5 Å². The maximum absolute atomic E-state index is 12.8. The molecule has 1 amide bonds. The normalized spacial score (nSPS) is 12.6. The summed E-state index contributed by atoms with van der Waals surface area (Å²) in [4.78, 5) is 26.9. The molecule has 134 valence electrons. The molecule has 2 rings (SSSR count). The molecular weight excluding hydrogens is 357 g/mol. The largest absolute Gasteiger partial charge is 0.476 e. The van der Waals surface area contributed by atoms with Crippen LogP contribution in [0.4, 0.5) is 13.2 Å². The van der Waals surface area contributed by atoms with E-state index in [4.69, 9.17) is 5.11 Å². The lowest BCUT2D eigenvalue weighted by Crippen LogP contribution is -2.29. The van der Waals surface area contributed by atoms with Crippen LogP contribution in [0.1, 0.15) is 45.9 Å². The van der Waals surface area contributed by atoms with Gasteiger partial charge in [-0.25, -0.2) is 9.78 Å². The smallest absolute Gasteiger partial charge is 0.416 e. The number of alkyl halides is 3. The van der Waals surface area contributed by atoms with E-state index in [-0.39, 0.29) is 17.8 Å². The number of hydrogen-bond acceptors (Lipinski definition) is 4. The number of hydrogen-bond donors (Lipinski definition) is 2. The van der Waals surface area contributed by atoms with Crippen LogP contribution >= 0.6 is 11.3 Å². The van der Waals surface area contributed by atoms with Crippen molar-refractivity contribution in [3.05, 3.63) is 51.5 Å². The summed E-state index contributed by atoms with van der Waals surface area (Å²) in [5.74, 6) is -2.33. The number of nitrogens with zero attached hydrogens (tertiary/aromatic N) is 1. The summed E-state index contributed by atoms with van der Waals surface area (Å²) in [6.07, 6.45) is -4.15. The Hall–Kier alpha value is -2.42.